The summed E-state index contributed by atoms with van der Waals surface area (Å²) in [6.07, 6.45) is 2.77. The van der Waals surface area contributed by atoms with Crippen LogP contribution in [-0.2, 0) is 0 Å². The van der Waals surface area contributed by atoms with Crippen LogP contribution in [0.4, 0.5) is 23.0 Å². The first-order valence-electron chi connectivity index (χ1n) is 6.09. The van der Waals surface area contributed by atoms with Crippen molar-refractivity contribution in [2.45, 2.75) is 0 Å². The third-order valence-electron chi connectivity index (χ3n) is 2.62. The molecule has 0 aliphatic carbocycles. The van der Waals surface area contributed by atoms with Gasteiger partial charge in [0.1, 0.15) is 6.33 Å². The van der Waals surface area contributed by atoms with Gasteiger partial charge in [-0.3, -0.25) is 10.1 Å². The maximum Gasteiger partial charge on any atom is 0.353 e. The monoisotopic (exact) mass is 339 g/mol. The number of nitrogens with zero attached hydrogens (tertiary/aromatic N) is 3. The van der Waals surface area contributed by atoms with Crippen molar-refractivity contribution in [3.05, 3.63) is 57.3 Å². The highest BCUT2D eigenvalue weighted by Crippen LogP contribution is 2.35. The molecule has 0 aliphatic heterocycles. The lowest BCUT2D eigenvalue weighted by molar-refractivity contribution is -0.383. The molecule has 0 atom stereocenters. The van der Waals surface area contributed by atoms with E-state index >= 15 is 0 Å². The maximum atomic E-state index is 11.3. The third-order valence-corrected chi connectivity index (χ3v) is 3.44. The van der Waals surface area contributed by atoms with Crippen LogP contribution in [0.5, 0.6) is 0 Å². The van der Waals surface area contributed by atoms with Gasteiger partial charge in [-0.25, -0.2) is 9.97 Å². The highest BCUT2D eigenvalue weighted by molar-refractivity contribution is 6.43. The van der Waals surface area contributed by atoms with Crippen LogP contribution >= 0.6 is 23.2 Å². The van der Waals surface area contributed by atoms with Crippen molar-refractivity contribution in [3.63, 3.8) is 0 Å². The van der Waals surface area contributed by atoms with Gasteiger partial charge in [-0.2, -0.15) is 0 Å². The van der Waals surface area contributed by atoms with Crippen molar-refractivity contribution >= 4 is 46.2 Å². The molecular formula is C13H11Cl2N5O2. The predicted octanol–water partition coefficient (Wildman–Crippen LogP) is 4.03. The van der Waals surface area contributed by atoms with Crippen molar-refractivity contribution in [2.75, 3.05) is 17.2 Å². The lowest BCUT2D eigenvalue weighted by atomic mass is 10.3. The predicted molar refractivity (Wildman–Crippen MR) is 87.1 cm³/mol. The average Bonchev–Trinajstić information content (AvgIpc) is 2.49. The first kappa shape index (κ1) is 16.0. The van der Waals surface area contributed by atoms with E-state index < -0.39 is 4.92 Å². The van der Waals surface area contributed by atoms with E-state index in [-0.39, 0.29) is 22.3 Å². The molecule has 2 aromatic rings. The van der Waals surface area contributed by atoms with E-state index in [1.807, 2.05) is 0 Å². The Morgan fingerprint density at radius 1 is 1.32 bits per heavy atom. The summed E-state index contributed by atoms with van der Waals surface area (Å²) in [5, 5.41) is 17.5. The summed E-state index contributed by atoms with van der Waals surface area (Å²) in [5.74, 6) is 0.0938. The second-order valence-corrected chi connectivity index (χ2v) is 4.86. The third kappa shape index (κ3) is 3.44. The van der Waals surface area contributed by atoms with E-state index in [9.17, 15) is 10.1 Å². The summed E-state index contributed by atoms with van der Waals surface area (Å²) >= 11 is 12.0. The molecule has 22 heavy (non-hydrogen) atoms. The lowest BCUT2D eigenvalue weighted by Gasteiger charge is -2.10. The molecule has 0 radical (unpaired) electrons. The molecule has 0 bridgehead atoms. The van der Waals surface area contributed by atoms with Crippen LogP contribution in [0.1, 0.15) is 0 Å². The zero-order chi connectivity index (χ0) is 16.1. The van der Waals surface area contributed by atoms with Crippen LogP contribution in [0.15, 0.2) is 37.2 Å². The minimum Gasteiger partial charge on any atom is -0.361 e. The number of rotatable bonds is 6. The Kier molecular flexibility index (Phi) is 5.13. The normalized spacial score (nSPS) is 10.1. The number of hydrogen-bond acceptors (Lipinski definition) is 6. The fraction of sp³-hybridized carbons (Fsp3) is 0.0769. The average molecular weight is 340 g/mol. The molecule has 1 aromatic heterocycles. The van der Waals surface area contributed by atoms with E-state index in [0.29, 0.717) is 17.3 Å². The summed E-state index contributed by atoms with van der Waals surface area (Å²) in [6, 6.07) is 4.91. The highest BCUT2D eigenvalue weighted by Gasteiger charge is 2.23. The van der Waals surface area contributed by atoms with Crippen molar-refractivity contribution in [3.8, 4) is 0 Å². The van der Waals surface area contributed by atoms with Crippen molar-refractivity contribution < 1.29 is 4.92 Å². The molecule has 1 heterocycles. The van der Waals surface area contributed by atoms with Crippen LogP contribution in [-0.4, -0.2) is 21.4 Å². The van der Waals surface area contributed by atoms with Gasteiger partial charge in [0.05, 0.1) is 20.7 Å². The Morgan fingerprint density at radius 3 is 2.73 bits per heavy atom. The number of nitrogens with one attached hydrogen (secondary N) is 2. The summed E-state index contributed by atoms with van der Waals surface area (Å²) in [7, 11) is 0. The van der Waals surface area contributed by atoms with Crippen LogP contribution in [0.3, 0.4) is 0 Å². The number of aromatic nitrogens is 2. The zero-order valence-electron chi connectivity index (χ0n) is 11.2. The molecule has 0 saturated heterocycles. The van der Waals surface area contributed by atoms with Crippen LogP contribution in [0.25, 0.3) is 0 Å². The Labute approximate surface area is 136 Å². The van der Waals surface area contributed by atoms with Gasteiger partial charge < -0.3 is 10.6 Å². The molecule has 0 unspecified atom stereocenters. The van der Waals surface area contributed by atoms with E-state index in [2.05, 4.69) is 27.2 Å². The van der Waals surface area contributed by atoms with Crippen LogP contribution in [0, 0.1) is 10.1 Å². The zero-order valence-corrected chi connectivity index (χ0v) is 12.7. The van der Waals surface area contributed by atoms with Gasteiger partial charge in [-0.05, 0) is 12.1 Å². The molecule has 0 fully saturated rings. The summed E-state index contributed by atoms with van der Waals surface area (Å²) < 4.78 is 0. The number of halogens is 2. The van der Waals surface area contributed by atoms with E-state index in [1.165, 1.54) is 6.33 Å². The maximum absolute atomic E-state index is 11.3. The van der Waals surface area contributed by atoms with E-state index in [0.717, 1.165) is 0 Å². The van der Waals surface area contributed by atoms with Gasteiger partial charge in [0.2, 0.25) is 11.6 Å². The minimum atomic E-state index is -0.577. The quantitative estimate of drug-likeness (QED) is 0.468. The fourth-order valence-electron chi connectivity index (χ4n) is 1.67. The van der Waals surface area contributed by atoms with Gasteiger partial charge in [-0.1, -0.05) is 35.3 Å². The van der Waals surface area contributed by atoms with Crippen molar-refractivity contribution in [1.82, 2.24) is 9.97 Å². The summed E-state index contributed by atoms with van der Waals surface area (Å²) in [5.41, 5.74) is 0.117. The Balaban J connectivity index is 2.44. The molecule has 1 aromatic carbocycles. The van der Waals surface area contributed by atoms with Crippen molar-refractivity contribution in [2.24, 2.45) is 0 Å². The van der Waals surface area contributed by atoms with Crippen molar-refractivity contribution in [1.29, 1.82) is 0 Å². The molecule has 114 valence electrons. The largest absolute Gasteiger partial charge is 0.361 e. The molecule has 0 saturated carbocycles. The van der Waals surface area contributed by atoms with Crippen LogP contribution in [0.2, 0.25) is 10.0 Å². The van der Waals surface area contributed by atoms with Gasteiger partial charge in [0.15, 0.2) is 0 Å². The molecule has 2 N–H and O–H groups in total. The standard InChI is InChI=1S/C13H11Cl2N5O2/c1-2-6-16-12-11(20(21)22)13(18-7-17-12)19-9-5-3-4-8(14)10(9)15/h2-5,7H,1,6H2,(H2,16,17,18,19). The second-order valence-electron chi connectivity index (χ2n) is 4.07. The molecule has 7 nitrogen and oxygen atoms in total. The molecule has 0 aliphatic rings. The SMILES string of the molecule is C=CCNc1ncnc(Nc2cccc(Cl)c2Cl)c1[N+](=O)[O-]. The number of anilines is 3. The van der Waals surface area contributed by atoms with Crippen LogP contribution < -0.4 is 10.6 Å². The summed E-state index contributed by atoms with van der Waals surface area (Å²) in [4.78, 5) is 18.5. The minimum absolute atomic E-state index is 0.00993. The molecular weight excluding hydrogens is 329 g/mol. The number of hydrogen-bond donors (Lipinski definition) is 2. The highest BCUT2D eigenvalue weighted by atomic mass is 35.5. The van der Waals surface area contributed by atoms with E-state index in [4.69, 9.17) is 23.2 Å². The van der Waals surface area contributed by atoms with E-state index in [1.54, 1.807) is 24.3 Å². The number of benzene rings is 1. The van der Waals surface area contributed by atoms with Gasteiger partial charge in [0.25, 0.3) is 0 Å². The fourth-order valence-corrected chi connectivity index (χ4v) is 2.02. The first-order valence-corrected chi connectivity index (χ1v) is 6.85. The van der Waals surface area contributed by atoms with Gasteiger partial charge in [0, 0.05) is 6.54 Å². The van der Waals surface area contributed by atoms with Gasteiger partial charge in [-0.15, -0.1) is 6.58 Å². The lowest BCUT2D eigenvalue weighted by Crippen LogP contribution is -2.08. The molecule has 0 amide bonds. The molecule has 0 spiro atoms. The Hall–Kier alpha value is -2.38. The topological polar surface area (TPSA) is 93.0 Å². The number of nitro groups is 1. The summed E-state index contributed by atoms with van der Waals surface area (Å²) in [6.45, 7) is 3.87. The molecule has 9 heteroatoms. The first-order chi connectivity index (χ1) is 10.5. The Morgan fingerprint density at radius 2 is 2.05 bits per heavy atom. The Bertz CT molecular complexity index is 724. The molecule has 2 rings (SSSR count). The second kappa shape index (κ2) is 7.06. The van der Waals surface area contributed by atoms with Gasteiger partial charge >= 0.3 is 5.69 Å². The smallest absolute Gasteiger partial charge is 0.353 e.